The highest BCUT2D eigenvalue weighted by atomic mass is 16.6. The first-order valence-corrected chi connectivity index (χ1v) is 11.1. The summed E-state index contributed by atoms with van der Waals surface area (Å²) in [4.78, 5) is 37.1. The van der Waals surface area contributed by atoms with Gasteiger partial charge in [0.25, 0.3) is 0 Å². The lowest BCUT2D eigenvalue weighted by atomic mass is 9.53. The molecule has 0 aromatic heterocycles. The van der Waals surface area contributed by atoms with Gasteiger partial charge in [-0.1, -0.05) is 31.1 Å². The molecule has 0 amide bonds. The topological polar surface area (TPSA) is 60.4 Å². The smallest absolute Gasteiger partial charge is 0.303 e. The van der Waals surface area contributed by atoms with Crippen molar-refractivity contribution in [3.8, 4) is 0 Å². The van der Waals surface area contributed by atoms with Gasteiger partial charge in [-0.15, -0.1) is 0 Å². The van der Waals surface area contributed by atoms with Crippen LogP contribution < -0.4 is 0 Å². The number of carbonyl (C=O) groups excluding carboxylic acids is 3. The number of rotatable bonds is 1. The number of allylic oxidation sites excluding steroid dienone is 4. The fraction of sp³-hybridized carbons (Fsp3) is 0.640. The molecule has 4 heteroatoms. The zero-order chi connectivity index (χ0) is 20.6. The molecule has 5 aliphatic carbocycles. The lowest BCUT2D eigenvalue weighted by Crippen LogP contribution is -2.52. The van der Waals surface area contributed by atoms with Gasteiger partial charge < -0.3 is 4.74 Å². The minimum atomic E-state index is -1.00. The first-order valence-electron chi connectivity index (χ1n) is 11.1. The van der Waals surface area contributed by atoms with Gasteiger partial charge in [-0.3, -0.25) is 14.4 Å². The number of ether oxygens (including phenoxy) is 1. The molecular weight excluding hydrogens is 364 g/mol. The van der Waals surface area contributed by atoms with Crippen molar-refractivity contribution in [3.05, 3.63) is 35.5 Å². The largest absolute Gasteiger partial charge is 0.450 e. The van der Waals surface area contributed by atoms with Crippen molar-refractivity contribution >= 4 is 17.5 Å². The molecule has 0 aliphatic heterocycles. The molecular formula is C25H30O4. The average Bonchev–Trinajstić information content (AvgIpc) is 3.03. The van der Waals surface area contributed by atoms with Crippen LogP contribution in [-0.2, 0) is 19.1 Å². The third kappa shape index (κ3) is 2.29. The number of esters is 1. The standard InChI is InChI=1S/C25H30O4/c1-15-13-18-19(23(3)10-6-17(27)14-21(15)23)5-4-9-24-11-8-22(28)25(24,29-16(2)26)12-7-20(18)24/h8,11,13-14,18-20H,4-7,9-10,12H2,1-3H3/t18-,19-,20-,23?,24+,25-/m0/s1. The first kappa shape index (κ1) is 19.0. The molecule has 154 valence electrons. The van der Waals surface area contributed by atoms with E-state index in [0.717, 1.165) is 32.1 Å². The van der Waals surface area contributed by atoms with Crippen molar-refractivity contribution in [3.63, 3.8) is 0 Å². The Balaban J connectivity index is 1.64. The molecule has 2 fully saturated rings. The molecule has 0 saturated heterocycles. The second-order valence-electron chi connectivity index (χ2n) is 10.2. The predicted molar refractivity (Wildman–Crippen MR) is 109 cm³/mol. The van der Waals surface area contributed by atoms with E-state index in [0.29, 0.717) is 30.6 Å². The highest BCUT2D eigenvalue weighted by Gasteiger charge is 2.69. The van der Waals surface area contributed by atoms with E-state index in [-0.39, 0.29) is 28.4 Å². The third-order valence-electron chi connectivity index (χ3n) is 9.00. The normalized spacial score (nSPS) is 45.4. The van der Waals surface area contributed by atoms with Gasteiger partial charge in [0.15, 0.2) is 17.2 Å². The predicted octanol–water partition coefficient (Wildman–Crippen LogP) is 4.50. The quantitative estimate of drug-likeness (QED) is 0.615. The van der Waals surface area contributed by atoms with Crippen LogP contribution in [-0.4, -0.2) is 23.1 Å². The van der Waals surface area contributed by atoms with Crippen LogP contribution in [0.1, 0.15) is 65.7 Å². The summed E-state index contributed by atoms with van der Waals surface area (Å²) in [7, 11) is 0. The van der Waals surface area contributed by atoms with Crippen LogP contribution in [0.2, 0.25) is 0 Å². The zero-order valence-corrected chi connectivity index (χ0v) is 17.6. The van der Waals surface area contributed by atoms with Crippen molar-refractivity contribution in [1.82, 2.24) is 0 Å². The van der Waals surface area contributed by atoms with Gasteiger partial charge in [0.1, 0.15) is 0 Å². The molecule has 0 bridgehead atoms. The van der Waals surface area contributed by atoms with Gasteiger partial charge in [0, 0.05) is 18.8 Å². The van der Waals surface area contributed by atoms with Crippen molar-refractivity contribution in [2.24, 2.45) is 28.6 Å². The Labute approximate surface area is 172 Å². The van der Waals surface area contributed by atoms with Gasteiger partial charge in [-0.25, -0.2) is 0 Å². The Kier molecular flexibility index (Phi) is 3.95. The van der Waals surface area contributed by atoms with Crippen molar-refractivity contribution in [1.29, 1.82) is 0 Å². The highest BCUT2D eigenvalue weighted by Crippen LogP contribution is 2.68. The molecule has 0 aromatic rings. The van der Waals surface area contributed by atoms with Crippen LogP contribution in [0, 0.1) is 28.6 Å². The van der Waals surface area contributed by atoms with E-state index < -0.39 is 5.60 Å². The monoisotopic (exact) mass is 394 g/mol. The molecule has 29 heavy (non-hydrogen) atoms. The minimum absolute atomic E-state index is 0.0158. The zero-order valence-electron chi connectivity index (χ0n) is 17.6. The SMILES string of the molecule is CC(=O)O[C@]12CC[C@H]3[C@H]4C=C(C)C5=CC(=O)CCC5(C)[C@H]4CCC[C@@]31C=CC2=O. The van der Waals surface area contributed by atoms with E-state index in [2.05, 4.69) is 26.0 Å². The molecule has 5 rings (SSSR count). The van der Waals surface area contributed by atoms with Gasteiger partial charge in [0.2, 0.25) is 0 Å². The third-order valence-corrected chi connectivity index (χ3v) is 9.00. The lowest BCUT2D eigenvalue weighted by molar-refractivity contribution is -0.173. The minimum Gasteiger partial charge on any atom is -0.450 e. The van der Waals surface area contributed by atoms with Crippen LogP contribution in [0.25, 0.3) is 0 Å². The summed E-state index contributed by atoms with van der Waals surface area (Å²) in [5.74, 6) is 0.963. The van der Waals surface area contributed by atoms with E-state index in [1.807, 2.05) is 6.08 Å². The summed E-state index contributed by atoms with van der Waals surface area (Å²) in [6.45, 7) is 5.91. The molecule has 0 radical (unpaired) electrons. The maximum absolute atomic E-state index is 13.0. The van der Waals surface area contributed by atoms with Gasteiger partial charge in [-0.2, -0.15) is 0 Å². The van der Waals surface area contributed by atoms with E-state index >= 15 is 0 Å². The summed E-state index contributed by atoms with van der Waals surface area (Å²) < 4.78 is 5.88. The maximum Gasteiger partial charge on any atom is 0.303 e. The molecule has 0 aromatic carbocycles. The number of ketones is 2. The molecule has 0 heterocycles. The molecule has 0 N–H and O–H groups in total. The fourth-order valence-electron chi connectivity index (χ4n) is 7.87. The summed E-state index contributed by atoms with van der Waals surface area (Å²) in [5.41, 5.74) is 1.08. The average molecular weight is 395 g/mol. The number of fused-ring (bicyclic) bond motifs is 4. The van der Waals surface area contributed by atoms with E-state index in [4.69, 9.17) is 4.74 Å². The lowest BCUT2D eigenvalue weighted by Gasteiger charge is -2.51. The highest BCUT2D eigenvalue weighted by molar-refractivity contribution is 6.02. The Morgan fingerprint density at radius 2 is 1.93 bits per heavy atom. The Morgan fingerprint density at radius 3 is 2.69 bits per heavy atom. The fourth-order valence-corrected chi connectivity index (χ4v) is 7.87. The molecule has 2 saturated carbocycles. The second kappa shape index (κ2) is 6.02. The van der Waals surface area contributed by atoms with E-state index in [1.54, 1.807) is 6.08 Å². The van der Waals surface area contributed by atoms with Crippen LogP contribution >= 0.6 is 0 Å². The summed E-state index contributed by atoms with van der Waals surface area (Å²) >= 11 is 0. The van der Waals surface area contributed by atoms with Crippen molar-refractivity contribution < 1.29 is 19.1 Å². The van der Waals surface area contributed by atoms with Crippen molar-refractivity contribution in [2.75, 3.05) is 0 Å². The summed E-state index contributed by atoms with van der Waals surface area (Å²) in [5, 5.41) is 0. The van der Waals surface area contributed by atoms with E-state index in [1.165, 1.54) is 18.1 Å². The van der Waals surface area contributed by atoms with Crippen LogP contribution in [0.3, 0.4) is 0 Å². The van der Waals surface area contributed by atoms with Gasteiger partial charge in [-0.05, 0) is 79.9 Å². The molecule has 5 aliphatic rings. The Bertz CT molecular complexity index is 908. The number of carbonyl (C=O) groups is 3. The molecule has 1 spiro atoms. The summed E-state index contributed by atoms with van der Waals surface area (Å²) in [6.07, 6.45) is 14.1. The molecule has 6 atom stereocenters. The number of hydrogen-bond donors (Lipinski definition) is 0. The molecule has 1 unspecified atom stereocenters. The van der Waals surface area contributed by atoms with Crippen LogP contribution in [0.5, 0.6) is 0 Å². The Morgan fingerprint density at radius 1 is 1.14 bits per heavy atom. The van der Waals surface area contributed by atoms with Crippen LogP contribution in [0.15, 0.2) is 35.5 Å². The van der Waals surface area contributed by atoms with Crippen LogP contribution in [0.4, 0.5) is 0 Å². The van der Waals surface area contributed by atoms with Crippen molar-refractivity contribution in [2.45, 2.75) is 71.3 Å². The summed E-state index contributed by atoms with van der Waals surface area (Å²) in [6, 6.07) is 0. The first-order chi connectivity index (χ1) is 13.7. The second-order valence-corrected chi connectivity index (χ2v) is 10.2. The Hall–Kier alpha value is -1.97. The maximum atomic E-state index is 13.0. The van der Waals surface area contributed by atoms with Gasteiger partial charge >= 0.3 is 5.97 Å². The molecule has 4 nitrogen and oxygen atoms in total. The van der Waals surface area contributed by atoms with Gasteiger partial charge in [0.05, 0.1) is 0 Å². The van der Waals surface area contributed by atoms with E-state index in [9.17, 15) is 14.4 Å². The number of hydrogen-bond acceptors (Lipinski definition) is 4.